The molecule has 1 unspecified atom stereocenters. The topological polar surface area (TPSA) is 0 Å². The van der Waals surface area contributed by atoms with Gasteiger partial charge in [0.1, 0.15) is 0 Å². The fourth-order valence-electron chi connectivity index (χ4n) is 6.95. The van der Waals surface area contributed by atoms with Gasteiger partial charge >= 0.3 is 0 Å². The maximum absolute atomic E-state index is 2.56. The molecule has 38 heavy (non-hydrogen) atoms. The first-order valence-corrected chi connectivity index (χ1v) is 14.3. The molecule has 0 bridgehead atoms. The van der Waals surface area contributed by atoms with Crippen LogP contribution in [0.3, 0.4) is 0 Å². The summed E-state index contributed by atoms with van der Waals surface area (Å²) in [6, 6.07) is 38.6. The first-order valence-electron chi connectivity index (χ1n) is 14.3. The quantitative estimate of drug-likeness (QED) is 0.195. The van der Waals surface area contributed by atoms with E-state index in [0.29, 0.717) is 5.92 Å². The van der Waals surface area contributed by atoms with Crippen molar-refractivity contribution in [2.75, 3.05) is 0 Å². The Labute approximate surface area is 226 Å². The highest BCUT2D eigenvalue weighted by Crippen LogP contribution is 2.50. The third-order valence-electron chi connectivity index (χ3n) is 8.75. The Morgan fingerprint density at radius 1 is 0.605 bits per heavy atom. The molecule has 0 fully saturated rings. The lowest BCUT2D eigenvalue weighted by Crippen LogP contribution is -2.06. The number of benzene rings is 5. The van der Waals surface area contributed by atoms with E-state index in [9.17, 15) is 0 Å². The minimum atomic E-state index is 0.339. The monoisotopic (exact) mass is 490 g/mol. The lowest BCUT2D eigenvalue weighted by atomic mass is 9.82. The Kier molecular flexibility index (Phi) is 5.97. The molecule has 0 spiro atoms. The molecular weight excluding hydrogens is 456 g/mol. The van der Waals surface area contributed by atoms with Gasteiger partial charge in [-0.15, -0.1) is 0 Å². The molecule has 0 N–H and O–H groups in total. The molecule has 0 aliphatic heterocycles. The summed E-state index contributed by atoms with van der Waals surface area (Å²) in [4.78, 5) is 0. The fourth-order valence-corrected chi connectivity index (χ4v) is 6.95. The minimum Gasteiger partial charge on any atom is -0.0654 e. The molecule has 0 nitrogen and oxygen atoms in total. The van der Waals surface area contributed by atoms with Gasteiger partial charge in [-0.05, 0) is 80.1 Å². The largest absolute Gasteiger partial charge is 0.0654 e. The van der Waals surface area contributed by atoms with Crippen molar-refractivity contribution < 1.29 is 0 Å². The highest BCUT2D eigenvalue weighted by molar-refractivity contribution is 5.99. The van der Waals surface area contributed by atoms with Crippen molar-refractivity contribution in [3.63, 3.8) is 0 Å². The second-order valence-electron chi connectivity index (χ2n) is 11.0. The summed E-state index contributed by atoms with van der Waals surface area (Å²) < 4.78 is 0. The lowest BCUT2D eigenvalue weighted by molar-refractivity contribution is 0.654. The van der Waals surface area contributed by atoms with Crippen LogP contribution >= 0.6 is 0 Å². The summed E-state index contributed by atoms with van der Waals surface area (Å²) in [6.45, 7) is 2.30. The van der Waals surface area contributed by atoms with Crippen LogP contribution in [0.15, 0.2) is 109 Å². The number of hydrogen-bond donors (Lipinski definition) is 0. The van der Waals surface area contributed by atoms with Crippen LogP contribution < -0.4 is 0 Å². The van der Waals surface area contributed by atoms with Gasteiger partial charge < -0.3 is 0 Å². The maximum atomic E-state index is 2.56. The van der Waals surface area contributed by atoms with Crippen LogP contribution in [0.4, 0.5) is 0 Å². The molecule has 5 aromatic carbocycles. The van der Waals surface area contributed by atoms with E-state index < -0.39 is 0 Å². The smallest absolute Gasteiger partial charge is 0.0311 e. The molecule has 0 heteroatoms. The van der Waals surface area contributed by atoms with Crippen molar-refractivity contribution in [3.05, 3.63) is 137 Å². The fraction of sp³-hybridized carbons (Fsp3) is 0.211. The molecular formula is C38H34. The zero-order valence-electron chi connectivity index (χ0n) is 22.2. The van der Waals surface area contributed by atoms with Gasteiger partial charge in [0, 0.05) is 5.92 Å². The van der Waals surface area contributed by atoms with Crippen molar-refractivity contribution in [1.29, 1.82) is 0 Å². The Morgan fingerprint density at radius 3 is 2.24 bits per heavy atom. The normalized spacial score (nSPS) is 15.3. The molecule has 2 aliphatic rings. The van der Waals surface area contributed by atoms with E-state index in [1.807, 2.05) is 0 Å². The second kappa shape index (κ2) is 9.76. The van der Waals surface area contributed by atoms with Crippen LogP contribution in [0.25, 0.3) is 39.1 Å². The molecule has 0 saturated carbocycles. The van der Waals surface area contributed by atoms with Crippen molar-refractivity contribution >= 4 is 16.8 Å². The Balaban J connectivity index is 1.38. The van der Waals surface area contributed by atoms with Crippen LogP contribution in [-0.2, 0) is 6.42 Å². The summed E-state index contributed by atoms with van der Waals surface area (Å²) in [5.41, 5.74) is 14.5. The molecule has 0 heterocycles. The summed E-state index contributed by atoms with van der Waals surface area (Å²) in [7, 11) is 0. The first-order chi connectivity index (χ1) is 18.8. The van der Waals surface area contributed by atoms with Gasteiger partial charge in [0.15, 0.2) is 0 Å². The number of allylic oxidation sites excluding steroid dienone is 1. The Bertz CT molecular complexity index is 1680. The maximum Gasteiger partial charge on any atom is 0.0311 e. The molecule has 1 atom stereocenters. The zero-order chi connectivity index (χ0) is 25.5. The number of unbranched alkanes of at least 4 members (excludes halogenated alkanes) is 3. The predicted octanol–water partition coefficient (Wildman–Crippen LogP) is 10.6. The summed E-state index contributed by atoms with van der Waals surface area (Å²) >= 11 is 0. The summed E-state index contributed by atoms with van der Waals surface area (Å²) in [5.74, 6) is 0.339. The molecule has 5 aromatic rings. The standard InChI is InChI=1S/C38H34/c1-2-3-4-5-15-28-25-37-33(31-19-10-16-26-13-6-8-17-29(26)31)21-12-23-35(37)38(28)34-22-11-20-32-30-18-9-7-14-27(30)24-36(32)34/h6-14,16-23,25,38H,2-5,15,24H2,1H3. The van der Waals surface area contributed by atoms with Crippen LogP contribution in [0.1, 0.15) is 72.8 Å². The van der Waals surface area contributed by atoms with E-state index >= 15 is 0 Å². The SMILES string of the molecule is CCCCCCC1=Cc2c(-c3cccc4ccccc34)cccc2C1c1cccc2c1Cc1ccccc1-2. The van der Waals surface area contributed by atoms with E-state index in [4.69, 9.17) is 0 Å². The molecule has 186 valence electrons. The van der Waals surface area contributed by atoms with Gasteiger partial charge in [0.05, 0.1) is 0 Å². The van der Waals surface area contributed by atoms with Crippen molar-refractivity contribution in [3.8, 4) is 22.3 Å². The molecule has 0 saturated heterocycles. The van der Waals surface area contributed by atoms with E-state index in [2.05, 4.69) is 116 Å². The lowest BCUT2D eigenvalue weighted by Gasteiger charge is -2.22. The van der Waals surface area contributed by atoms with Crippen LogP contribution in [-0.4, -0.2) is 0 Å². The van der Waals surface area contributed by atoms with E-state index in [-0.39, 0.29) is 0 Å². The summed E-state index contributed by atoms with van der Waals surface area (Å²) in [6.07, 6.45) is 9.95. The van der Waals surface area contributed by atoms with Gasteiger partial charge in [-0.3, -0.25) is 0 Å². The molecule has 0 radical (unpaired) electrons. The average Bonchev–Trinajstić information content (AvgIpc) is 3.53. The van der Waals surface area contributed by atoms with Crippen LogP contribution in [0.2, 0.25) is 0 Å². The molecule has 2 aliphatic carbocycles. The van der Waals surface area contributed by atoms with Gasteiger partial charge in [0.25, 0.3) is 0 Å². The molecule has 7 rings (SSSR count). The third kappa shape index (κ3) is 3.82. The van der Waals surface area contributed by atoms with Crippen molar-refractivity contribution in [1.82, 2.24) is 0 Å². The van der Waals surface area contributed by atoms with Crippen molar-refractivity contribution in [2.24, 2.45) is 0 Å². The number of fused-ring (bicyclic) bond motifs is 5. The highest BCUT2D eigenvalue weighted by Gasteiger charge is 2.32. The first kappa shape index (κ1) is 23.2. The molecule has 0 aromatic heterocycles. The Morgan fingerprint density at radius 2 is 1.32 bits per heavy atom. The van der Waals surface area contributed by atoms with E-state index in [0.717, 1.165) is 6.42 Å². The zero-order valence-corrected chi connectivity index (χ0v) is 22.2. The van der Waals surface area contributed by atoms with Crippen LogP contribution in [0, 0.1) is 0 Å². The van der Waals surface area contributed by atoms with Gasteiger partial charge in [-0.2, -0.15) is 0 Å². The predicted molar refractivity (Wildman–Crippen MR) is 163 cm³/mol. The average molecular weight is 491 g/mol. The van der Waals surface area contributed by atoms with Crippen molar-refractivity contribution in [2.45, 2.75) is 51.4 Å². The second-order valence-corrected chi connectivity index (χ2v) is 11.0. The summed E-state index contributed by atoms with van der Waals surface area (Å²) in [5, 5.41) is 2.64. The van der Waals surface area contributed by atoms with E-state index in [1.54, 1.807) is 5.57 Å². The van der Waals surface area contributed by atoms with Crippen LogP contribution in [0.5, 0.6) is 0 Å². The number of hydrogen-bond acceptors (Lipinski definition) is 0. The van der Waals surface area contributed by atoms with Gasteiger partial charge in [0.2, 0.25) is 0 Å². The number of rotatable bonds is 7. The Hall–Kier alpha value is -3.90. The van der Waals surface area contributed by atoms with Gasteiger partial charge in [-0.25, -0.2) is 0 Å². The van der Waals surface area contributed by atoms with E-state index in [1.165, 1.54) is 92.9 Å². The highest BCUT2D eigenvalue weighted by atomic mass is 14.4. The minimum absolute atomic E-state index is 0.339. The van der Waals surface area contributed by atoms with Gasteiger partial charge in [-0.1, -0.05) is 141 Å². The molecule has 0 amide bonds. The third-order valence-corrected chi connectivity index (χ3v) is 8.75.